The fourth-order valence-corrected chi connectivity index (χ4v) is 19.2. The number of benzene rings is 7. The highest BCUT2D eigenvalue weighted by atomic mass is 15.0. The number of nitrogens with zero attached hydrogens (tertiary/aromatic N) is 12. The molecule has 0 N–H and O–H groups in total. The van der Waals surface area contributed by atoms with Gasteiger partial charge in [-0.2, -0.15) is 0 Å². The molecule has 135 heavy (non-hydrogen) atoms. The molecular formula is C123H130N12+6. The Bertz CT molecular complexity index is 7310. The molecule has 0 aliphatic heterocycles. The zero-order valence-corrected chi connectivity index (χ0v) is 82.6. The van der Waals surface area contributed by atoms with Gasteiger partial charge in [-0.15, -0.1) is 0 Å². The van der Waals surface area contributed by atoms with E-state index < -0.39 is 6.37 Å². The predicted octanol–water partition coefficient (Wildman–Crippen LogP) is 25.8. The van der Waals surface area contributed by atoms with Crippen molar-refractivity contribution in [2.24, 2.45) is 48.2 Å². The number of pyridine rings is 10. The van der Waals surface area contributed by atoms with Crippen LogP contribution >= 0.6 is 0 Å². The summed E-state index contributed by atoms with van der Waals surface area (Å²) in [6.45, 7) is 32.2. The van der Waals surface area contributed by atoms with Gasteiger partial charge in [0.25, 0.3) is 6.33 Å². The predicted molar refractivity (Wildman–Crippen MR) is 554 cm³/mol. The number of rotatable bonds is 14. The Labute approximate surface area is 804 Å². The fourth-order valence-electron chi connectivity index (χ4n) is 19.2. The molecule has 0 saturated heterocycles. The quantitative estimate of drug-likeness (QED) is 0.101. The zero-order valence-electron chi connectivity index (χ0n) is 84.6. The molecule has 1 aliphatic carbocycles. The maximum atomic E-state index is 8.74. The molecule has 676 valence electrons. The van der Waals surface area contributed by atoms with Gasteiger partial charge in [0.2, 0.25) is 28.5 Å². The van der Waals surface area contributed by atoms with Gasteiger partial charge in [0, 0.05) is 106 Å². The molecule has 0 atom stereocenters. The summed E-state index contributed by atoms with van der Waals surface area (Å²) in [6, 6.07) is 83.7. The van der Waals surface area contributed by atoms with Crippen molar-refractivity contribution >= 4 is 0 Å². The summed E-state index contributed by atoms with van der Waals surface area (Å²) in [5, 5.41) is 0. The SMILES string of the molecule is Cc1cc(-c2ccccc2)ccc1-c1ccc[n+](C)c1-c1ccncc1C.Cc1cc(C)c(-c2ccc[n+](C)c2-c2ccncc2C)c(C)c1.Cc1ccc(-c2ccc[n+](C)c2-c2ccncc2C)c(C)c1.Cc1ccccc1-c1ccc[n+](C)c1-c1ccncc1C.Cc1cnccc1-c1c(-c2c(C)cccc2C)ccc[n+]1C.[2H]C([2H])(c1cnc[n+](C)c1-c1ccccc1C)C1CCCC1. The molecule has 11 heterocycles. The van der Waals surface area contributed by atoms with E-state index in [2.05, 4.69) is 447 Å². The van der Waals surface area contributed by atoms with E-state index in [9.17, 15) is 0 Å². The van der Waals surface area contributed by atoms with Crippen LogP contribution < -0.4 is 27.4 Å². The van der Waals surface area contributed by atoms with Crippen LogP contribution in [0, 0.1) is 110 Å². The second kappa shape index (κ2) is 44.6. The topological polar surface area (TPSA) is 101 Å². The highest BCUT2D eigenvalue weighted by molar-refractivity contribution is 5.88. The third-order valence-corrected chi connectivity index (χ3v) is 25.9. The molecule has 7 aromatic carbocycles. The zero-order chi connectivity index (χ0) is 97.3. The minimum absolute atomic E-state index is 0.0967. The maximum Gasteiger partial charge on any atom is 0.286 e. The average molecular weight is 1780 g/mol. The van der Waals surface area contributed by atoms with E-state index in [0.29, 0.717) is 0 Å². The standard InChI is InChI=1S/C25H23N2.C21H23N2.2C20H21N2.C19H19N2.C18H23N2/c1-18-16-21(20-8-5-4-6-9-20)11-12-22(18)24-10-7-15-27(3)25(24)23-13-14-26-17-19(23)2;1-14-11-15(2)20(16(3)12-14)19-7-6-10-23(5)21(19)18-8-9-22-13-17(18)4;1-14-7-5-8-15(2)19(14)18-9-6-12-22(4)20(18)17-10-11-21-13-16(17)3;1-14-7-8-17(15(2)12-14)19-6-5-11-22(4)20(19)18-9-10-21-13-16(18)3;1-14-7-4-5-8-16(14)18-9-6-12-21(3)19(18)17-10-11-20-13-15(17)2;1-14-7-3-6-10-17(14)18-16(12-19-13-20(18)2)11-15-8-4-5-9-15/h4-17H,1-3H3;6-13H,1-5H3;2*5-13H,1-4H3;4-13H,1-3H3;3,6-7,10,12-13,15H,4-5,8-9,11H2,1-2H3/q6*+1/i;;;;;11D2. The van der Waals surface area contributed by atoms with Crippen molar-refractivity contribution in [2.75, 3.05) is 0 Å². The number of aromatic nitrogens is 12. The first-order valence-electron chi connectivity index (χ1n) is 47.8. The Morgan fingerprint density at radius 2 is 0.556 bits per heavy atom. The molecule has 12 heteroatoms. The Morgan fingerprint density at radius 3 is 0.941 bits per heavy atom. The van der Waals surface area contributed by atoms with Crippen LogP contribution in [-0.2, 0) is 48.7 Å². The lowest BCUT2D eigenvalue weighted by atomic mass is 9.90. The average Bonchev–Trinajstić information content (AvgIpc) is 1.72. The van der Waals surface area contributed by atoms with Crippen molar-refractivity contribution < 1.29 is 30.1 Å². The summed E-state index contributed by atoms with van der Waals surface area (Å²) in [5.74, 6) is 0.0967. The van der Waals surface area contributed by atoms with Crippen molar-refractivity contribution in [1.29, 1.82) is 0 Å². The highest BCUT2D eigenvalue weighted by Gasteiger charge is 2.29. The first-order chi connectivity index (χ1) is 66.0. The van der Waals surface area contributed by atoms with Gasteiger partial charge in [-0.25, -0.2) is 27.4 Å². The molecule has 1 fully saturated rings. The second-order valence-corrected chi connectivity index (χ2v) is 36.1. The van der Waals surface area contributed by atoms with Crippen molar-refractivity contribution in [3.05, 3.63) is 431 Å². The summed E-state index contributed by atoms with van der Waals surface area (Å²) in [7, 11) is 12.5. The summed E-state index contributed by atoms with van der Waals surface area (Å²) >= 11 is 0. The van der Waals surface area contributed by atoms with Crippen LogP contribution in [0.15, 0.2) is 342 Å². The molecule has 11 aromatic heterocycles. The third kappa shape index (κ3) is 22.6. The monoisotopic (exact) mass is 1780 g/mol. The van der Waals surface area contributed by atoms with Gasteiger partial charge in [-0.1, -0.05) is 187 Å². The van der Waals surface area contributed by atoms with E-state index in [1.54, 1.807) is 12.5 Å². The molecule has 0 bridgehead atoms. The fraction of sp³-hybridized carbons (Fsp3) is 0.220. The van der Waals surface area contributed by atoms with Crippen molar-refractivity contribution in [3.8, 4) is 134 Å². The summed E-state index contributed by atoms with van der Waals surface area (Å²) in [5.41, 5.74) is 49.2. The Balaban J connectivity index is 0.000000132. The molecule has 1 saturated carbocycles. The van der Waals surface area contributed by atoms with Gasteiger partial charge in [0.05, 0.1) is 62.7 Å². The molecule has 18 aromatic rings. The van der Waals surface area contributed by atoms with Crippen LogP contribution in [0.25, 0.3) is 134 Å². The van der Waals surface area contributed by atoms with Gasteiger partial charge >= 0.3 is 0 Å². The summed E-state index contributed by atoms with van der Waals surface area (Å²) < 4.78 is 30.4. The summed E-state index contributed by atoms with van der Waals surface area (Å²) in [6.07, 6.45) is 35.8. The lowest BCUT2D eigenvalue weighted by Gasteiger charge is -2.14. The second-order valence-electron chi connectivity index (χ2n) is 36.1. The van der Waals surface area contributed by atoms with Crippen LogP contribution in [0.3, 0.4) is 0 Å². The Kier molecular flexibility index (Phi) is 30.8. The molecule has 19 rings (SSSR count). The van der Waals surface area contributed by atoms with Crippen molar-refractivity contribution in [1.82, 2.24) is 29.9 Å². The van der Waals surface area contributed by atoms with E-state index in [-0.39, 0.29) is 5.92 Å². The molecule has 0 spiro atoms. The number of aryl methyl sites for hydroxylation is 21. The van der Waals surface area contributed by atoms with Crippen LogP contribution in [0.4, 0.5) is 0 Å². The highest BCUT2D eigenvalue weighted by Crippen LogP contribution is 2.41. The minimum atomic E-state index is -1.33. The number of hydrogen-bond donors (Lipinski definition) is 0. The summed E-state index contributed by atoms with van der Waals surface area (Å²) in [4.78, 5) is 25.4. The van der Waals surface area contributed by atoms with Gasteiger partial charge < -0.3 is 0 Å². The molecule has 12 nitrogen and oxygen atoms in total. The lowest BCUT2D eigenvalue weighted by Crippen LogP contribution is -2.33. The van der Waals surface area contributed by atoms with Gasteiger partial charge in [0.15, 0.2) is 31.0 Å². The van der Waals surface area contributed by atoms with Gasteiger partial charge in [-0.3, -0.25) is 24.9 Å². The molecule has 1 aliphatic rings. The van der Waals surface area contributed by atoms with Gasteiger partial charge in [-0.05, 0) is 288 Å². The van der Waals surface area contributed by atoms with Crippen molar-refractivity contribution in [3.63, 3.8) is 0 Å². The first kappa shape index (κ1) is 93.4. The van der Waals surface area contributed by atoms with Crippen molar-refractivity contribution in [2.45, 2.75) is 136 Å². The Morgan fingerprint density at radius 1 is 0.237 bits per heavy atom. The maximum absolute atomic E-state index is 8.74. The van der Waals surface area contributed by atoms with Crippen LogP contribution in [0.2, 0.25) is 0 Å². The molecular weight excluding hydrogens is 1650 g/mol. The van der Waals surface area contributed by atoms with E-state index in [4.69, 9.17) is 2.74 Å². The largest absolute Gasteiger partial charge is 0.286 e. The van der Waals surface area contributed by atoms with Gasteiger partial charge in [0.1, 0.15) is 47.1 Å². The van der Waals surface area contributed by atoms with E-state index in [1.807, 2.05) is 85.7 Å². The van der Waals surface area contributed by atoms with E-state index >= 15 is 0 Å². The molecule has 0 amide bonds. The normalized spacial score (nSPS) is 11.8. The minimum Gasteiger partial charge on any atom is -0.264 e. The van der Waals surface area contributed by atoms with E-state index in [1.165, 1.54) is 201 Å². The smallest absolute Gasteiger partial charge is 0.264 e. The third-order valence-electron chi connectivity index (χ3n) is 25.9. The Hall–Kier alpha value is -14.9. The van der Waals surface area contributed by atoms with Crippen LogP contribution in [0.5, 0.6) is 0 Å². The van der Waals surface area contributed by atoms with Crippen LogP contribution in [0.1, 0.15) is 117 Å². The first-order valence-corrected chi connectivity index (χ1v) is 46.8. The molecule has 0 radical (unpaired) electrons. The molecule has 0 unspecified atom stereocenters. The van der Waals surface area contributed by atoms with Crippen LogP contribution in [-0.4, -0.2) is 29.9 Å². The lowest BCUT2D eigenvalue weighted by molar-refractivity contribution is -0.663. The van der Waals surface area contributed by atoms with E-state index in [0.717, 1.165) is 48.1 Å². The number of hydrogen-bond acceptors (Lipinski definition) is 6.